The van der Waals surface area contributed by atoms with E-state index < -0.39 is 0 Å². The number of likely N-dealkylation sites (N-methyl/N-ethyl adjacent to an activating group) is 1. The lowest BCUT2D eigenvalue weighted by Gasteiger charge is -2.35. The van der Waals surface area contributed by atoms with Crippen molar-refractivity contribution in [1.29, 1.82) is 0 Å². The molecular weight excluding hydrogens is 228 g/mol. The minimum atomic E-state index is -0.384. The van der Waals surface area contributed by atoms with Crippen molar-refractivity contribution >= 4 is 5.97 Å². The number of rotatable bonds is 3. The molecule has 4 nitrogen and oxygen atoms in total. The molecule has 0 aromatic heterocycles. The first-order valence-electron chi connectivity index (χ1n) is 7.01. The highest BCUT2D eigenvalue weighted by Gasteiger charge is 2.35. The molecule has 2 bridgehead atoms. The lowest BCUT2D eigenvalue weighted by molar-refractivity contribution is -0.156. The van der Waals surface area contributed by atoms with Crippen LogP contribution in [0.2, 0.25) is 0 Å². The van der Waals surface area contributed by atoms with E-state index in [1.54, 1.807) is 0 Å². The number of hydrogen-bond donors (Lipinski definition) is 1. The summed E-state index contributed by atoms with van der Waals surface area (Å²) >= 11 is 0. The van der Waals surface area contributed by atoms with Crippen LogP contribution in [-0.4, -0.2) is 48.2 Å². The summed E-state index contributed by atoms with van der Waals surface area (Å²) < 4.78 is 5.37. The van der Waals surface area contributed by atoms with E-state index in [1.807, 2.05) is 27.8 Å². The minimum absolute atomic E-state index is 0.115. The number of carbonyl (C=O) groups is 1. The highest BCUT2D eigenvalue weighted by molar-refractivity contribution is 5.72. The number of fused-ring (bicyclic) bond motifs is 2. The summed E-state index contributed by atoms with van der Waals surface area (Å²) in [6, 6.07) is 1.85. The van der Waals surface area contributed by atoms with Crippen LogP contribution in [0.4, 0.5) is 0 Å². The standard InChI is InChI=1S/C14H26N2O2/c1-14(2,3)18-13(17)9-16(4)12-7-10-5-6-11(8-12)15-10/h10-12,15H,5-9H2,1-4H3/t10-,11+,12?. The van der Waals surface area contributed by atoms with Gasteiger partial charge in [-0.05, 0) is 53.5 Å². The van der Waals surface area contributed by atoms with Crippen molar-refractivity contribution in [3.63, 3.8) is 0 Å². The summed E-state index contributed by atoms with van der Waals surface area (Å²) in [6.45, 7) is 6.14. The molecule has 0 amide bonds. The van der Waals surface area contributed by atoms with Gasteiger partial charge in [0.2, 0.25) is 0 Å². The van der Waals surface area contributed by atoms with Crippen LogP contribution in [-0.2, 0) is 9.53 Å². The fourth-order valence-electron chi connectivity index (χ4n) is 3.09. The van der Waals surface area contributed by atoms with Gasteiger partial charge in [-0.25, -0.2) is 0 Å². The Bertz CT molecular complexity index is 299. The van der Waals surface area contributed by atoms with E-state index in [2.05, 4.69) is 10.2 Å². The molecule has 3 atom stereocenters. The van der Waals surface area contributed by atoms with Gasteiger partial charge in [0.05, 0.1) is 6.54 Å². The summed E-state index contributed by atoms with van der Waals surface area (Å²) in [5.41, 5.74) is -0.384. The van der Waals surface area contributed by atoms with Crippen molar-refractivity contribution in [1.82, 2.24) is 10.2 Å². The van der Waals surface area contributed by atoms with Gasteiger partial charge in [-0.3, -0.25) is 9.69 Å². The first-order valence-corrected chi connectivity index (χ1v) is 7.01. The van der Waals surface area contributed by atoms with Gasteiger partial charge in [0, 0.05) is 18.1 Å². The minimum Gasteiger partial charge on any atom is -0.459 e. The SMILES string of the molecule is CN(CC(=O)OC(C)(C)C)C1C[C@H]2CC[C@@H](C1)N2. The number of hydrogen-bond acceptors (Lipinski definition) is 4. The summed E-state index contributed by atoms with van der Waals surface area (Å²) in [6.07, 6.45) is 4.91. The number of nitrogens with zero attached hydrogens (tertiary/aromatic N) is 1. The Morgan fingerprint density at radius 2 is 1.83 bits per heavy atom. The number of nitrogens with one attached hydrogen (secondary N) is 1. The number of esters is 1. The lowest BCUT2D eigenvalue weighted by atomic mass is 9.98. The third kappa shape index (κ3) is 3.69. The smallest absolute Gasteiger partial charge is 0.320 e. The molecule has 0 aliphatic carbocycles. The molecule has 2 saturated heterocycles. The molecule has 0 spiro atoms. The topological polar surface area (TPSA) is 41.6 Å². The number of piperidine rings is 1. The zero-order valence-electron chi connectivity index (χ0n) is 12.0. The van der Waals surface area contributed by atoms with E-state index >= 15 is 0 Å². The molecule has 0 radical (unpaired) electrons. The van der Waals surface area contributed by atoms with Gasteiger partial charge in [-0.15, -0.1) is 0 Å². The maximum absolute atomic E-state index is 11.8. The number of ether oxygens (including phenoxy) is 1. The van der Waals surface area contributed by atoms with E-state index in [0.717, 1.165) is 12.8 Å². The second-order valence-corrected chi connectivity index (χ2v) is 6.76. The number of carbonyl (C=O) groups excluding carboxylic acids is 1. The Labute approximate surface area is 110 Å². The Kier molecular flexibility index (Phi) is 3.97. The average molecular weight is 254 g/mol. The molecule has 1 unspecified atom stereocenters. The Morgan fingerprint density at radius 3 is 2.33 bits per heavy atom. The first kappa shape index (κ1) is 13.8. The molecule has 2 heterocycles. The molecule has 18 heavy (non-hydrogen) atoms. The largest absolute Gasteiger partial charge is 0.459 e. The highest BCUT2D eigenvalue weighted by Crippen LogP contribution is 2.29. The zero-order chi connectivity index (χ0) is 13.3. The molecule has 104 valence electrons. The predicted octanol–water partition coefficient (Wildman–Crippen LogP) is 1.54. The molecule has 2 aliphatic rings. The zero-order valence-corrected chi connectivity index (χ0v) is 12.0. The molecule has 4 heteroatoms. The van der Waals surface area contributed by atoms with Crippen LogP contribution >= 0.6 is 0 Å². The summed E-state index contributed by atoms with van der Waals surface area (Å²) in [5.74, 6) is -0.115. The van der Waals surface area contributed by atoms with E-state index in [9.17, 15) is 4.79 Å². The van der Waals surface area contributed by atoms with E-state index in [4.69, 9.17) is 4.74 Å². The molecule has 0 aromatic carbocycles. The third-order valence-corrected chi connectivity index (χ3v) is 3.87. The van der Waals surface area contributed by atoms with Gasteiger partial charge < -0.3 is 10.1 Å². The van der Waals surface area contributed by atoms with Gasteiger partial charge in [0.15, 0.2) is 0 Å². The Balaban J connectivity index is 1.81. The van der Waals surface area contributed by atoms with Crippen LogP contribution in [0.25, 0.3) is 0 Å². The highest BCUT2D eigenvalue weighted by atomic mass is 16.6. The van der Waals surface area contributed by atoms with Crippen LogP contribution in [0.5, 0.6) is 0 Å². The van der Waals surface area contributed by atoms with Gasteiger partial charge in [0.25, 0.3) is 0 Å². The van der Waals surface area contributed by atoms with Crippen molar-refractivity contribution in [2.24, 2.45) is 0 Å². The second-order valence-electron chi connectivity index (χ2n) is 6.76. The molecule has 0 aromatic rings. The van der Waals surface area contributed by atoms with Crippen LogP contribution in [0.3, 0.4) is 0 Å². The van der Waals surface area contributed by atoms with E-state index in [0.29, 0.717) is 24.7 Å². The van der Waals surface area contributed by atoms with Gasteiger partial charge in [-0.2, -0.15) is 0 Å². The normalized spacial score (nSPS) is 31.7. The maximum atomic E-state index is 11.8. The fraction of sp³-hybridized carbons (Fsp3) is 0.929. The van der Waals surface area contributed by atoms with E-state index in [1.165, 1.54) is 12.8 Å². The van der Waals surface area contributed by atoms with E-state index in [-0.39, 0.29) is 11.6 Å². The second kappa shape index (κ2) is 5.17. The van der Waals surface area contributed by atoms with Crippen LogP contribution in [0.1, 0.15) is 46.5 Å². The van der Waals surface area contributed by atoms with Crippen LogP contribution < -0.4 is 5.32 Å². The fourth-order valence-corrected chi connectivity index (χ4v) is 3.09. The van der Waals surface area contributed by atoms with Crippen molar-refractivity contribution in [2.75, 3.05) is 13.6 Å². The quantitative estimate of drug-likeness (QED) is 0.776. The lowest BCUT2D eigenvalue weighted by Crippen LogP contribution is -2.48. The molecule has 2 rings (SSSR count). The third-order valence-electron chi connectivity index (χ3n) is 3.87. The monoisotopic (exact) mass is 254 g/mol. The van der Waals surface area contributed by atoms with Crippen molar-refractivity contribution < 1.29 is 9.53 Å². The first-order chi connectivity index (χ1) is 8.33. The van der Waals surface area contributed by atoms with Crippen molar-refractivity contribution in [3.8, 4) is 0 Å². The molecular formula is C14H26N2O2. The maximum Gasteiger partial charge on any atom is 0.320 e. The van der Waals surface area contributed by atoms with Crippen molar-refractivity contribution in [3.05, 3.63) is 0 Å². The Morgan fingerprint density at radius 1 is 1.28 bits per heavy atom. The van der Waals surface area contributed by atoms with Gasteiger partial charge in [-0.1, -0.05) is 0 Å². The molecule has 2 aliphatic heterocycles. The Hall–Kier alpha value is -0.610. The van der Waals surface area contributed by atoms with Crippen LogP contribution in [0, 0.1) is 0 Å². The summed E-state index contributed by atoms with van der Waals surface area (Å²) in [7, 11) is 2.04. The summed E-state index contributed by atoms with van der Waals surface area (Å²) in [5, 5.41) is 3.62. The van der Waals surface area contributed by atoms with Gasteiger partial charge >= 0.3 is 5.97 Å². The summed E-state index contributed by atoms with van der Waals surface area (Å²) in [4.78, 5) is 14.0. The van der Waals surface area contributed by atoms with Gasteiger partial charge in [0.1, 0.15) is 5.60 Å². The average Bonchev–Trinajstić information content (AvgIpc) is 2.54. The molecule has 2 fully saturated rings. The molecule has 1 N–H and O–H groups in total. The molecule has 0 saturated carbocycles. The predicted molar refractivity (Wildman–Crippen MR) is 71.4 cm³/mol. The van der Waals surface area contributed by atoms with Crippen LogP contribution in [0.15, 0.2) is 0 Å². The van der Waals surface area contributed by atoms with Crippen molar-refractivity contribution in [2.45, 2.75) is 70.2 Å².